The maximum absolute atomic E-state index is 14.1. The molecule has 0 bridgehead atoms. The maximum atomic E-state index is 14.1. The number of fused-ring (bicyclic) bond motifs is 1. The van der Waals surface area contributed by atoms with Crippen LogP contribution in [0.4, 0.5) is 4.39 Å². The van der Waals surface area contributed by atoms with Crippen molar-refractivity contribution in [1.29, 1.82) is 0 Å². The number of rotatable bonds is 6. The molecule has 0 saturated heterocycles. The van der Waals surface area contributed by atoms with E-state index in [0.717, 1.165) is 16.4 Å². The van der Waals surface area contributed by atoms with E-state index in [0.29, 0.717) is 15.9 Å². The van der Waals surface area contributed by atoms with Crippen LogP contribution in [-0.2, 0) is 15.6 Å². The van der Waals surface area contributed by atoms with Crippen LogP contribution in [0, 0.1) is 5.82 Å². The minimum absolute atomic E-state index is 0.0323. The summed E-state index contributed by atoms with van der Waals surface area (Å²) in [6.45, 7) is 0.159. The lowest BCUT2D eigenvalue weighted by Crippen LogP contribution is -2.31. The van der Waals surface area contributed by atoms with Gasteiger partial charge < -0.3 is 14.8 Å². The average Bonchev–Trinajstić information content (AvgIpc) is 3.17. The molecule has 0 saturated carbocycles. The summed E-state index contributed by atoms with van der Waals surface area (Å²) in [5.41, 5.74) is 1.30. The Balaban J connectivity index is 1.82. The summed E-state index contributed by atoms with van der Waals surface area (Å²) in [7, 11) is -2.62. The fourth-order valence-corrected chi connectivity index (χ4v) is 5.80. The number of hydrogen-bond donors (Lipinski definition) is 3. The first-order chi connectivity index (χ1) is 15.3. The summed E-state index contributed by atoms with van der Waals surface area (Å²) >= 11 is 6.17. The zero-order valence-corrected chi connectivity index (χ0v) is 18.5. The van der Waals surface area contributed by atoms with Crippen molar-refractivity contribution < 1.29 is 28.2 Å². The second-order valence-electron chi connectivity index (χ2n) is 7.02. The van der Waals surface area contributed by atoms with Gasteiger partial charge >= 0.3 is 0 Å². The van der Waals surface area contributed by atoms with Crippen molar-refractivity contribution in [2.45, 2.75) is 6.54 Å². The molecule has 164 valence electrons. The molecule has 1 atom stereocenters. The third kappa shape index (κ3) is 4.12. The van der Waals surface area contributed by atoms with Gasteiger partial charge in [0.05, 0.1) is 5.30 Å². The molecule has 0 radical (unpaired) electrons. The fraction of sp³-hybridized carbons (Fsp3) is 0.0909. The predicted octanol–water partition coefficient (Wildman–Crippen LogP) is 3.29. The van der Waals surface area contributed by atoms with E-state index in [-0.39, 0.29) is 22.8 Å². The highest BCUT2D eigenvalue weighted by Crippen LogP contribution is 2.47. The Bertz CT molecular complexity index is 1360. The van der Waals surface area contributed by atoms with E-state index in [1.807, 2.05) is 0 Å². The Morgan fingerprint density at radius 1 is 1.22 bits per heavy atom. The molecule has 0 fully saturated rings. The van der Waals surface area contributed by atoms with Crippen LogP contribution in [0.2, 0.25) is 5.02 Å². The number of benzene rings is 2. The van der Waals surface area contributed by atoms with Crippen molar-refractivity contribution in [3.63, 3.8) is 0 Å². The minimum atomic E-state index is -3.87. The largest absolute Gasteiger partial charge is 0.350 e. The molecule has 0 aliphatic heterocycles. The average molecular weight is 475 g/mol. The molecule has 4 rings (SSSR count). The van der Waals surface area contributed by atoms with Crippen molar-refractivity contribution >= 4 is 46.4 Å². The number of aromatic nitrogens is 2. The number of amides is 1. The number of nitrogens with zero attached hydrogens (tertiary/aromatic N) is 1. The van der Waals surface area contributed by atoms with Gasteiger partial charge in [0.25, 0.3) is 13.3 Å². The molecular formula is C22H19ClFN3O4P+. The molecule has 4 aromatic rings. The van der Waals surface area contributed by atoms with Crippen LogP contribution >= 0.6 is 19.0 Å². The van der Waals surface area contributed by atoms with Crippen molar-refractivity contribution in [2.75, 3.05) is 7.11 Å². The Hall–Kier alpha value is -3.19. The van der Waals surface area contributed by atoms with E-state index >= 15 is 0 Å². The van der Waals surface area contributed by atoms with Gasteiger partial charge in [0, 0.05) is 51.7 Å². The summed E-state index contributed by atoms with van der Waals surface area (Å²) in [5, 5.41) is 13.2. The molecule has 0 spiro atoms. The van der Waals surface area contributed by atoms with Gasteiger partial charge in [-0.15, -0.1) is 0 Å². The quantitative estimate of drug-likeness (QED) is 0.227. The Labute approximate surface area is 187 Å². The summed E-state index contributed by atoms with van der Waals surface area (Å²) < 4.78 is 34.4. The molecule has 2 heterocycles. The van der Waals surface area contributed by atoms with E-state index in [1.165, 1.54) is 37.7 Å². The first kappa shape index (κ1) is 22.0. The number of carbonyl (C=O) groups excluding carboxylic acids is 1. The van der Waals surface area contributed by atoms with Gasteiger partial charge in [-0.25, -0.2) is 4.39 Å². The normalized spacial score (nSPS) is 13.1. The number of halogens is 2. The number of pyridine rings is 1. The van der Waals surface area contributed by atoms with Gasteiger partial charge in [0.15, 0.2) is 0 Å². The minimum Gasteiger partial charge on any atom is -0.350 e. The first-order valence-electron chi connectivity index (χ1n) is 9.53. The zero-order chi connectivity index (χ0) is 22.9. The van der Waals surface area contributed by atoms with E-state index in [2.05, 4.69) is 10.3 Å². The third-order valence-electron chi connectivity index (χ3n) is 5.00. The van der Waals surface area contributed by atoms with Crippen molar-refractivity contribution in [3.8, 4) is 0 Å². The molecule has 2 aromatic carbocycles. The monoisotopic (exact) mass is 474 g/mol. The highest BCUT2D eigenvalue weighted by atomic mass is 35.5. The van der Waals surface area contributed by atoms with Crippen LogP contribution in [0.1, 0.15) is 16.1 Å². The summed E-state index contributed by atoms with van der Waals surface area (Å²) in [5.74, 6) is -1.10. The Morgan fingerprint density at radius 3 is 2.66 bits per heavy atom. The Kier molecular flexibility index (Phi) is 6.02. The molecule has 1 unspecified atom stereocenters. The number of H-pyrrole nitrogens is 1. The molecular weight excluding hydrogens is 456 g/mol. The van der Waals surface area contributed by atoms with Crippen LogP contribution in [-0.4, -0.2) is 23.2 Å². The van der Waals surface area contributed by atoms with Gasteiger partial charge in [0.1, 0.15) is 11.5 Å². The van der Waals surface area contributed by atoms with Crippen LogP contribution in [0.15, 0.2) is 67.0 Å². The van der Waals surface area contributed by atoms with E-state index in [4.69, 9.17) is 16.1 Å². The van der Waals surface area contributed by atoms with E-state index < -0.39 is 19.1 Å². The highest BCUT2D eigenvalue weighted by molar-refractivity contribution is 7.75. The second kappa shape index (κ2) is 8.74. The predicted molar refractivity (Wildman–Crippen MR) is 119 cm³/mol. The summed E-state index contributed by atoms with van der Waals surface area (Å²) in [6, 6.07) is 13.5. The smallest absolute Gasteiger partial charge is 0.268 e. The molecule has 2 aromatic heterocycles. The highest BCUT2D eigenvalue weighted by Gasteiger charge is 2.36. The van der Waals surface area contributed by atoms with E-state index in [1.54, 1.807) is 30.3 Å². The van der Waals surface area contributed by atoms with Crippen LogP contribution in [0.25, 0.3) is 10.9 Å². The van der Waals surface area contributed by atoms with Crippen LogP contribution in [0.5, 0.6) is 0 Å². The molecule has 1 amide bonds. The lowest BCUT2D eigenvalue weighted by atomic mass is 10.2. The van der Waals surface area contributed by atoms with Crippen LogP contribution < -0.4 is 20.7 Å². The van der Waals surface area contributed by atoms with Gasteiger partial charge in [-0.05, 0) is 42.0 Å². The van der Waals surface area contributed by atoms with Crippen LogP contribution in [0.3, 0.4) is 0 Å². The van der Waals surface area contributed by atoms with Crippen molar-refractivity contribution in [2.24, 2.45) is 0 Å². The van der Waals surface area contributed by atoms with Gasteiger partial charge in [-0.1, -0.05) is 17.7 Å². The standard InChI is InChI=1S/C22H18ClFN3O4P/c1-31-32(30,17-4-2-3-16(24)12-17)21-18-11-15(23)5-6-19(18)26-20(21)22(28)25-13-14-7-9-27(29)10-8-14/h2-12H,13H2,1H3,(H2-,25,26,28,29,30)/p+1. The molecule has 7 nitrogen and oxygen atoms in total. The fourth-order valence-electron chi connectivity index (χ4n) is 3.44. The van der Waals surface area contributed by atoms with Gasteiger partial charge in [0.2, 0.25) is 12.4 Å². The second-order valence-corrected chi connectivity index (χ2v) is 9.89. The molecule has 10 heteroatoms. The lowest BCUT2D eigenvalue weighted by Gasteiger charge is -2.18. The molecule has 0 aliphatic carbocycles. The molecule has 32 heavy (non-hydrogen) atoms. The lowest BCUT2D eigenvalue weighted by molar-refractivity contribution is -0.904. The van der Waals surface area contributed by atoms with Crippen molar-refractivity contribution in [1.82, 2.24) is 10.3 Å². The van der Waals surface area contributed by atoms with E-state index in [9.17, 15) is 19.0 Å². The summed E-state index contributed by atoms with van der Waals surface area (Å²) in [6.07, 6.45) is 2.86. The first-order valence-corrected chi connectivity index (χ1v) is 11.5. The van der Waals surface area contributed by atoms with Crippen molar-refractivity contribution in [3.05, 3.63) is 89.1 Å². The number of nitrogens with one attached hydrogen (secondary N) is 2. The third-order valence-corrected chi connectivity index (χ3v) is 7.76. The number of carbonyl (C=O) groups is 1. The number of aromatic amines is 1. The van der Waals surface area contributed by atoms with Gasteiger partial charge in [-0.3, -0.25) is 14.6 Å². The molecule has 0 aliphatic rings. The molecule has 3 N–H and O–H groups in total. The zero-order valence-electron chi connectivity index (χ0n) is 16.9. The van der Waals surface area contributed by atoms with Gasteiger partial charge in [-0.2, -0.15) is 0 Å². The maximum Gasteiger partial charge on any atom is 0.268 e. The number of hydrogen-bond acceptors (Lipinski definition) is 4. The summed E-state index contributed by atoms with van der Waals surface area (Å²) in [4.78, 5) is 16.1. The Morgan fingerprint density at radius 2 is 1.97 bits per heavy atom. The SMILES string of the molecule is COP(=O)(c1cccc(F)c1)c1c(C(=O)NCc2cc[n+](O)cc2)[nH]c2ccc(Cl)cc12. The topological polar surface area (TPSA) is 95.3 Å².